The number of aryl methyl sites for hydroxylation is 1. The van der Waals surface area contributed by atoms with Gasteiger partial charge in [-0.3, -0.25) is 15.3 Å². The summed E-state index contributed by atoms with van der Waals surface area (Å²) in [6, 6.07) is 19.1. The average Bonchev–Trinajstić information content (AvgIpc) is 3.40. The van der Waals surface area contributed by atoms with Gasteiger partial charge in [-0.1, -0.05) is 0 Å². The normalized spacial score (nSPS) is 11.1. The number of nitrogens with zero attached hydrogens (tertiary/aromatic N) is 6. The van der Waals surface area contributed by atoms with Gasteiger partial charge in [-0.25, -0.2) is 19.6 Å². The number of fused-ring (bicyclic) bond motifs is 2. The van der Waals surface area contributed by atoms with E-state index in [0.29, 0.717) is 11.5 Å². The minimum Gasteiger partial charge on any atom is -0.378 e. The van der Waals surface area contributed by atoms with Gasteiger partial charge in [0.2, 0.25) is 0 Å². The van der Waals surface area contributed by atoms with Crippen LogP contribution in [0.4, 0.5) is 22.9 Å². The Morgan fingerprint density at radius 1 is 0.947 bits per heavy atom. The molecule has 6 rings (SSSR count). The summed E-state index contributed by atoms with van der Waals surface area (Å²) in [5.41, 5.74) is 9.72. The van der Waals surface area contributed by atoms with Crippen molar-refractivity contribution in [2.24, 2.45) is 0 Å². The third-order valence-corrected chi connectivity index (χ3v) is 6.34. The van der Waals surface area contributed by atoms with E-state index in [1.54, 1.807) is 23.1 Å². The summed E-state index contributed by atoms with van der Waals surface area (Å²) in [5.74, 6) is 0.630. The number of pyridine rings is 2. The van der Waals surface area contributed by atoms with E-state index in [4.69, 9.17) is 0 Å². The highest BCUT2D eigenvalue weighted by atomic mass is 16.1. The van der Waals surface area contributed by atoms with E-state index in [1.807, 2.05) is 80.5 Å². The van der Waals surface area contributed by atoms with Crippen LogP contribution in [0.15, 0.2) is 84.2 Å². The highest BCUT2D eigenvalue weighted by Gasteiger charge is 2.15. The Hall–Kier alpha value is -5.25. The molecule has 4 aromatic heterocycles. The monoisotopic (exact) mass is 503 g/mol. The molecule has 0 aliphatic heterocycles. The van der Waals surface area contributed by atoms with Crippen LogP contribution >= 0.6 is 0 Å². The first kappa shape index (κ1) is 23.2. The first-order valence-corrected chi connectivity index (χ1v) is 12.1. The second-order valence-electron chi connectivity index (χ2n) is 9.18. The van der Waals surface area contributed by atoms with Crippen molar-refractivity contribution in [1.29, 1.82) is 0 Å². The minimum atomic E-state index is -0.160. The van der Waals surface area contributed by atoms with Crippen LogP contribution in [0.25, 0.3) is 33.2 Å². The van der Waals surface area contributed by atoms with Crippen LogP contribution in [0.2, 0.25) is 0 Å². The largest absolute Gasteiger partial charge is 0.378 e. The number of benzene rings is 2. The van der Waals surface area contributed by atoms with Gasteiger partial charge in [0.1, 0.15) is 12.1 Å². The summed E-state index contributed by atoms with van der Waals surface area (Å²) in [6.45, 7) is 2.00. The molecule has 0 aliphatic rings. The standard InChI is InChI=1S/C28H25N9O/c1-17-13-23(33-27-21(5-4-12-29-27)26-22-15-32-34-28(22)31-16-30-26)20-10-11-25(38)37(24(20)14-17)35-18-6-8-19(9-7-18)36(2)3/h4-16,35H,1-3H3,(H,29,33)(H,30,31,32,34). The van der Waals surface area contributed by atoms with Gasteiger partial charge in [-0.2, -0.15) is 5.10 Å². The third kappa shape index (κ3) is 4.17. The van der Waals surface area contributed by atoms with E-state index >= 15 is 0 Å². The number of anilines is 4. The summed E-state index contributed by atoms with van der Waals surface area (Å²) in [4.78, 5) is 28.4. The fourth-order valence-electron chi connectivity index (χ4n) is 4.47. The first-order chi connectivity index (χ1) is 18.5. The van der Waals surface area contributed by atoms with Crippen molar-refractivity contribution in [2.45, 2.75) is 6.92 Å². The quantitative estimate of drug-likeness (QED) is 0.299. The SMILES string of the molecule is Cc1cc(Nc2ncccc2-c2ncnc3[nH]ncc23)c2ccc(=O)n(Nc3ccc(N(C)C)cc3)c2c1. The highest BCUT2D eigenvalue weighted by molar-refractivity contribution is 5.97. The van der Waals surface area contributed by atoms with Crippen LogP contribution in [0.1, 0.15) is 5.56 Å². The molecule has 188 valence electrons. The molecule has 3 N–H and O–H groups in total. The second kappa shape index (κ2) is 9.32. The van der Waals surface area contributed by atoms with Crippen molar-refractivity contribution in [2.75, 3.05) is 29.7 Å². The lowest BCUT2D eigenvalue weighted by molar-refractivity contribution is 0.945. The second-order valence-corrected chi connectivity index (χ2v) is 9.18. The van der Waals surface area contributed by atoms with Crippen molar-refractivity contribution in [3.05, 3.63) is 95.3 Å². The molecule has 0 atom stereocenters. The van der Waals surface area contributed by atoms with Gasteiger partial charge < -0.3 is 10.2 Å². The van der Waals surface area contributed by atoms with E-state index in [0.717, 1.165) is 50.2 Å². The molecule has 0 bridgehead atoms. The van der Waals surface area contributed by atoms with Crippen LogP contribution in [-0.4, -0.2) is 43.9 Å². The minimum absolute atomic E-state index is 0.160. The lowest BCUT2D eigenvalue weighted by Crippen LogP contribution is -2.26. The van der Waals surface area contributed by atoms with Crippen LogP contribution in [0.5, 0.6) is 0 Å². The molecule has 0 saturated carbocycles. The van der Waals surface area contributed by atoms with Gasteiger partial charge in [0.15, 0.2) is 5.65 Å². The molecular formula is C28H25N9O. The molecule has 10 heteroatoms. The first-order valence-electron chi connectivity index (χ1n) is 12.1. The van der Waals surface area contributed by atoms with Crippen LogP contribution in [-0.2, 0) is 0 Å². The molecule has 38 heavy (non-hydrogen) atoms. The Kier molecular flexibility index (Phi) is 5.68. The van der Waals surface area contributed by atoms with Crippen LogP contribution < -0.4 is 21.2 Å². The molecule has 0 unspecified atom stereocenters. The van der Waals surface area contributed by atoms with Crippen molar-refractivity contribution in [1.82, 2.24) is 29.8 Å². The van der Waals surface area contributed by atoms with Gasteiger partial charge in [0.05, 0.1) is 28.5 Å². The van der Waals surface area contributed by atoms with Crippen LogP contribution in [0.3, 0.4) is 0 Å². The molecule has 0 spiro atoms. The van der Waals surface area contributed by atoms with Crippen LogP contribution in [0, 0.1) is 6.92 Å². The smallest absolute Gasteiger partial charge is 0.269 e. The number of hydrogen-bond acceptors (Lipinski definition) is 8. The van der Waals surface area contributed by atoms with E-state index in [9.17, 15) is 4.79 Å². The molecule has 0 saturated heterocycles. The molecule has 0 radical (unpaired) electrons. The highest BCUT2D eigenvalue weighted by Crippen LogP contribution is 2.33. The molecule has 0 fully saturated rings. The average molecular weight is 504 g/mol. The van der Waals surface area contributed by atoms with Gasteiger partial charge in [0.25, 0.3) is 5.56 Å². The summed E-state index contributed by atoms with van der Waals surface area (Å²) >= 11 is 0. The molecule has 2 aromatic carbocycles. The number of H-pyrrole nitrogens is 1. The molecule has 6 aromatic rings. The predicted molar refractivity (Wildman–Crippen MR) is 151 cm³/mol. The van der Waals surface area contributed by atoms with Gasteiger partial charge in [-0.05, 0) is 67.1 Å². The maximum absolute atomic E-state index is 13.0. The summed E-state index contributed by atoms with van der Waals surface area (Å²) in [6.07, 6.45) is 4.94. The number of aromatic amines is 1. The Bertz CT molecular complexity index is 1840. The van der Waals surface area contributed by atoms with E-state index in [-0.39, 0.29) is 5.56 Å². The lowest BCUT2D eigenvalue weighted by Gasteiger charge is -2.18. The Balaban J connectivity index is 1.44. The van der Waals surface area contributed by atoms with Crippen molar-refractivity contribution >= 4 is 44.8 Å². The predicted octanol–water partition coefficient (Wildman–Crippen LogP) is 4.72. The summed E-state index contributed by atoms with van der Waals surface area (Å²) < 4.78 is 1.57. The summed E-state index contributed by atoms with van der Waals surface area (Å²) in [7, 11) is 3.98. The fourth-order valence-corrected chi connectivity index (χ4v) is 4.47. The van der Waals surface area contributed by atoms with Gasteiger partial charge in [0, 0.05) is 48.7 Å². The zero-order valence-electron chi connectivity index (χ0n) is 21.1. The topological polar surface area (TPSA) is 117 Å². The van der Waals surface area contributed by atoms with Crippen molar-refractivity contribution in [3.63, 3.8) is 0 Å². The molecular weight excluding hydrogens is 478 g/mol. The van der Waals surface area contributed by atoms with Gasteiger partial charge >= 0.3 is 0 Å². The Morgan fingerprint density at radius 3 is 2.61 bits per heavy atom. The molecule has 0 amide bonds. The van der Waals surface area contributed by atoms with Crippen molar-refractivity contribution in [3.8, 4) is 11.3 Å². The molecule has 0 aliphatic carbocycles. The Morgan fingerprint density at radius 2 is 1.79 bits per heavy atom. The number of hydrogen-bond donors (Lipinski definition) is 3. The van der Waals surface area contributed by atoms with E-state index in [2.05, 4.69) is 35.9 Å². The molecule has 10 nitrogen and oxygen atoms in total. The van der Waals surface area contributed by atoms with Gasteiger partial charge in [-0.15, -0.1) is 0 Å². The maximum Gasteiger partial charge on any atom is 0.269 e. The van der Waals surface area contributed by atoms with Crippen molar-refractivity contribution < 1.29 is 0 Å². The fraction of sp³-hybridized carbons (Fsp3) is 0.107. The lowest BCUT2D eigenvalue weighted by atomic mass is 10.1. The summed E-state index contributed by atoms with van der Waals surface area (Å²) in [5, 5.41) is 12.2. The number of rotatable bonds is 6. The molecule has 4 heterocycles. The third-order valence-electron chi connectivity index (χ3n) is 6.34. The zero-order chi connectivity index (χ0) is 26.2. The number of aromatic nitrogens is 6. The zero-order valence-corrected chi connectivity index (χ0v) is 21.1. The van der Waals surface area contributed by atoms with E-state index < -0.39 is 0 Å². The van der Waals surface area contributed by atoms with E-state index in [1.165, 1.54) is 6.33 Å². The number of nitrogens with one attached hydrogen (secondary N) is 3. The Labute approximate surface area is 218 Å². The maximum atomic E-state index is 13.0.